The number of halogens is 2. The highest BCUT2D eigenvalue weighted by atomic mass is 35.5. The monoisotopic (exact) mass is 1060 g/mol. The Balaban J connectivity index is -0.000000341. The number of nitrogens with one attached hydrogen (secondary N) is 4. The van der Waals surface area contributed by atoms with Crippen LogP contribution in [0.4, 0.5) is 14.4 Å². The maximum atomic E-state index is 11.9. The van der Waals surface area contributed by atoms with Gasteiger partial charge in [0.05, 0.1) is 48.1 Å². The Morgan fingerprint density at radius 1 is 0.559 bits per heavy atom. The Labute approximate surface area is 421 Å². The minimum atomic E-state index is -1.35. The van der Waals surface area contributed by atoms with E-state index in [4.69, 9.17) is 27.8 Å². The molecule has 0 bridgehead atoms. The summed E-state index contributed by atoms with van der Waals surface area (Å²) >= 11 is 0. The lowest BCUT2D eigenvalue weighted by Crippen LogP contribution is -3.00. The lowest BCUT2D eigenvalue weighted by atomic mass is 10.4. The molecule has 0 aliphatic heterocycles. The molecule has 406 valence electrons. The molecule has 0 aromatic rings. The van der Waals surface area contributed by atoms with Crippen molar-refractivity contribution < 1.29 is 110 Å². The maximum Gasteiger partial charge on any atom is 0.411 e. The highest BCUT2D eigenvalue weighted by Gasteiger charge is 2.32. The number of quaternary nitrogens is 2. The second-order valence-electron chi connectivity index (χ2n) is 17.9. The van der Waals surface area contributed by atoms with Gasteiger partial charge in [0.15, 0.2) is 23.3 Å². The van der Waals surface area contributed by atoms with Crippen molar-refractivity contribution >= 4 is 52.8 Å². The van der Waals surface area contributed by atoms with Crippen molar-refractivity contribution in [2.24, 2.45) is 0 Å². The van der Waals surface area contributed by atoms with Gasteiger partial charge in [0.25, 0.3) is 0 Å². The zero-order valence-corrected chi connectivity index (χ0v) is 47.1. The standard InChI is InChI=1S/C20H40N6O10.C12H30OSi2.C10H18O5.2ClH/c1-15(27)33-7-16(28)8-34-18(30)22-11-23-19(31)35-9-17(29)10-36-20(32)24-13-26(5,6)14-25(3,4)12-21-2;1-7-9-11-14(3,4)13-15(5,6)12-10-8-2;1-3-9(11)14-7-5-13-6-8-15-10(12)4-2;;/h16-17,21,28-29H,7-14H2,1-6H3,(H-2,22,23,24,30,31,32);7-12H2,1-6H3;3-8H2,1-2H3;2*1H. The van der Waals surface area contributed by atoms with Crippen LogP contribution in [0.15, 0.2) is 0 Å². The molecule has 68 heavy (non-hydrogen) atoms. The van der Waals surface area contributed by atoms with Crippen LogP contribution >= 0.6 is 0 Å². The quantitative estimate of drug-likeness (QED) is 0.0102. The average molecular weight is 1060 g/mol. The molecule has 0 rings (SSSR count). The van der Waals surface area contributed by atoms with Gasteiger partial charge in [-0.3, -0.25) is 34.0 Å². The molecule has 0 heterocycles. The lowest BCUT2D eigenvalue weighted by Gasteiger charge is -2.38. The molecule has 6 N–H and O–H groups in total. The molecule has 0 aromatic carbocycles. The first kappa shape index (κ1) is 73.9. The van der Waals surface area contributed by atoms with Gasteiger partial charge in [-0.05, 0) is 45.3 Å². The van der Waals surface area contributed by atoms with Crippen molar-refractivity contribution in [2.75, 3.05) is 115 Å². The van der Waals surface area contributed by atoms with Crippen molar-refractivity contribution in [3.05, 3.63) is 0 Å². The zero-order chi connectivity index (χ0) is 51.2. The Hall–Kier alpha value is -3.05. The second-order valence-corrected chi connectivity index (χ2v) is 26.7. The van der Waals surface area contributed by atoms with Gasteiger partial charge in [-0.15, -0.1) is 0 Å². The minimum Gasteiger partial charge on any atom is -1.00 e. The van der Waals surface area contributed by atoms with Gasteiger partial charge in [0.2, 0.25) is 6.67 Å². The first-order valence-corrected chi connectivity index (χ1v) is 29.0. The number of alkyl carbamates (subject to hydrolysis) is 3. The number of rotatable bonds is 32. The molecule has 0 aliphatic carbocycles. The molecule has 0 saturated heterocycles. The molecule has 22 nitrogen and oxygen atoms in total. The minimum absolute atomic E-state index is 0. The molecule has 26 heteroatoms. The van der Waals surface area contributed by atoms with E-state index in [1.807, 2.05) is 21.1 Å². The van der Waals surface area contributed by atoms with Gasteiger partial charge in [-0.2, -0.15) is 0 Å². The summed E-state index contributed by atoms with van der Waals surface area (Å²) in [6.45, 7) is 19.7. The fourth-order valence-corrected chi connectivity index (χ4v) is 15.0. The van der Waals surface area contributed by atoms with Crippen LogP contribution in [-0.4, -0.2) is 199 Å². The number of unbranched alkanes of at least 4 members (excludes halogenated alkanes) is 2. The van der Waals surface area contributed by atoms with E-state index in [1.54, 1.807) is 13.8 Å². The number of hydrogen-bond donors (Lipinski definition) is 6. The number of aliphatic hydroxyl groups excluding tert-OH is 2. The first-order chi connectivity index (χ1) is 30.7. The van der Waals surface area contributed by atoms with Crippen molar-refractivity contribution in [3.8, 4) is 0 Å². The van der Waals surface area contributed by atoms with Gasteiger partial charge in [-0.25, -0.2) is 14.4 Å². The van der Waals surface area contributed by atoms with Gasteiger partial charge < -0.3 is 82.9 Å². The van der Waals surface area contributed by atoms with Crippen LogP contribution in [0.5, 0.6) is 0 Å². The van der Waals surface area contributed by atoms with Crippen LogP contribution in [0.3, 0.4) is 0 Å². The van der Waals surface area contributed by atoms with Crippen molar-refractivity contribution in [1.82, 2.24) is 21.3 Å². The number of hydrogen-bond acceptors (Lipinski definition) is 17. The summed E-state index contributed by atoms with van der Waals surface area (Å²) in [7, 11) is 7.21. The summed E-state index contributed by atoms with van der Waals surface area (Å²) in [6.07, 6.45) is 0.975. The Morgan fingerprint density at radius 2 is 0.926 bits per heavy atom. The smallest absolute Gasteiger partial charge is 0.411 e. The molecule has 0 radical (unpaired) electrons. The molecular formula is C42H90Cl2N6O16Si2. The topological polar surface area (TPSA) is 265 Å². The second kappa shape index (κ2) is 42.8. The summed E-state index contributed by atoms with van der Waals surface area (Å²) in [5, 5.41) is 29.4. The highest BCUT2D eigenvalue weighted by molar-refractivity contribution is 6.84. The Bertz CT molecular complexity index is 1320. The van der Waals surface area contributed by atoms with Crippen molar-refractivity contribution in [1.29, 1.82) is 0 Å². The van der Waals surface area contributed by atoms with Crippen LogP contribution in [0.1, 0.15) is 73.1 Å². The van der Waals surface area contributed by atoms with Crippen LogP contribution in [-0.2, 0) is 51.7 Å². The third-order valence-corrected chi connectivity index (χ3v) is 16.1. The SMILES string of the molecule is CCC(=O)OCCOCCOC(=O)CC.CCCC[Si](C)(C)O[Si](C)(C)CCCC.CNC[N+](C)(C)C[N+](C)(C)CNC(=O)OCC(O)COC(=O)NCNC(=O)OCC(O)COC(C)=O.[Cl-].[Cl-]. The van der Waals surface area contributed by atoms with E-state index in [1.165, 1.54) is 44.7 Å². The number of esters is 3. The summed E-state index contributed by atoms with van der Waals surface area (Å²) in [4.78, 5) is 66.9. The fraction of sp³-hybridized carbons (Fsp3) is 0.857. The number of aliphatic hydroxyl groups is 2. The van der Waals surface area contributed by atoms with E-state index < -0.39 is 72.9 Å². The highest BCUT2D eigenvalue weighted by Crippen LogP contribution is 2.24. The molecular weight excluding hydrogens is 972 g/mol. The Kier molecular flexibility index (Phi) is 46.5. The lowest BCUT2D eigenvalue weighted by molar-refractivity contribution is -1.07. The van der Waals surface area contributed by atoms with E-state index in [9.17, 15) is 39.0 Å². The molecule has 0 aromatic heterocycles. The normalized spacial score (nSPS) is 12.0. The van der Waals surface area contributed by atoms with Crippen LogP contribution in [0.25, 0.3) is 0 Å². The molecule has 0 saturated carbocycles. The fourth-order valence-electron chi connectivity index (χ4n) is 5.80. The summed E-state index contributed by atoms with van der Waals surface area (Å²) in [5.74, 6) is -1.06. The van der Waals surface area contributed by atoms with Crippen LogP contribution in [0, 0.1) is 0 Å². The van der Waals surface area contributed by atoms with E-state index >= 15 is 0 Å². The summed E-state index contributed by atoms with van der Waals surface area (Å²) < 4.78 is 41.2. The van der Waals surface area contributed by atoms with E-state index in [2.05, 4.69) is 84.9 Å². The van der Waals surface area contributed by atoms with Gasteiger partial charge in [0, 0.05) is 19.8 Å². The van der Waals surface area contributed by atoms with E-state index in [-0.39, 0.29) is 63.2 Å². The predicted octanol–water partition coefficient (Wildman–Crippen LogP) is -2.42. The average Bonchev–Trinajstić information content (AvgIpc) is 3.23. The number of carbonyl (C=O) groups excluding carboxylic acids is 6. The molecule has 0 fully saturated rings. The largest absolute Gasteiger partial charge is 1.00 e. The molecule has 0 spiro atoms. The zero-order valence-electron chi connectivity index (χ0n) is 43.6. The number of carbonyl (C=O) groups is 6. The molecule has 2 atom stereocenters. The third kappa shape index (κ3) is 50.8. The molecule has 2 unspecified atom stereocenters. The summed E-state index contributed by atoms with van der Waals surface area (Å²) in [5.41, 5.74) is 0. The molecule has 0 aliphatic rings. The maximum absolute atomic E-state index is 11.9. The van der Waals surface area contributed by atoms with Crippen LogP contribution in [0.2, 0.25) is 38.3 Å². The molecule has 3 amide bonds. The van der Waals surface area contributed by atoms with Crippen LogP contribution < -0.4 is 46.1 Å². The Morgan fingerprint density at radius 3 is 1.28 bits per heavy atom. The van der Waals surface area contributed by atoms with Gasteiger partial charge >= 0.3 is 36.2 Å². The number of nitrogens with zero attached hydrogens (tertiary/aromatic N) is 2. The number of amides is 3. The predicted molar refractivity (Wildman–Crippen MR) is 254 cm³/mol. The summed E-state index contributed by atoms with van der Waals surface area (Å²) in [6, 6.07) is 2.68. The van der Waals surface area contributed by atoms with Crippen molar-refractivity contribution in [3.63, 3.8) is 0 Å². The van der Waals surface area contributed by atoms with Gasteiger partial charge in [0.1, 0.15) is 58.5 Å². The van der Waals surface area contributed by atoms with E-state index in [0.29, 0.717) is 41.7 Å². The van der Waals surface area contributed by atoms with E-state index in [0.717, 1.165) is 13.3 Å². The van der Waals surface area contributed by atoms with Gasteiger partial charge in [-0.1, -0.05) is 53.4 Å². The van der Waals surface area contributed by atoms with Crippen molar-refractivity contribution in [2.45, 2.75) is 124 Å². The first-order valence-electron chi connectivity index (χ1n) is 22.8. The third-order valence-electron chi connectivity index (χ3n) is 8.54. The number of ether oxygens (including phenoxy) is 7.